The van der Waals surface area contributed by atoms with Crippen molar-refractivity contribution in [2.45, 2.75) is 25.9 Å². The van der Waals surface area contributed by atoms with Crippen LogP contribution in [0.2, 0.25) is 0 Å². The largest absolute Gasteiger partial charge is 0.353 e. The minimum absolute atomic E-state index is 0.0566. The molecule has 18 heavy (non-hydrogen) atoms. The van der Waals surface area contributed by atoms with Gasteiger partial charge in [-0.25, -0.2) is 4.98 Å². The number of nitrogens with one attached hydrogen (secondary N) is 2. The van der Waals surface area contributed by atoms with Crippen LogP contribution in [-0.2, 0) is 11.8 Å². The zero-order valence-electron chi connectivity index (χ0n) is 10.8. The van der Waals surface area contributed by atoms with Crippen molar-refractivity contribution >= 4 is 11.7 Å². The number of hydrogen-bond donors (Lipinski definition) is 2. The average molecular weight is 247 g/mol. The van der Waals surface area contributed by atoms with Gasteiger partial charge in [0.25, 0.3) is 0 Å². The van der Waals surface area contributed by atoms with Crippen molar-refractivity contribution in [3.63, 3.8) is 0 Å². The summed E-state index contributed by atoms with van der Waals surface area (Å²) < 4.78 is 4.09. The second kappa shape index (κ2) is 3.84. The van der Waals surface area contributed by atoms with Gasteiger partial charge in [-0.05, 0) is 13.8 Å². The predicted molar refractivity (Wildman–Crippen MR) is 67.2 cm³/mol. The highest BCUT2D eigenvalue weighted by Crippen LogP contribution is 2.19. The molecule has 0 saturated carbocycles. The van der Waals surface area contributed by atoms with Gasteiger partial charge in [0.15, 0.2) is 0 Å². The molecule has 6 heteroatoms. The molecule has 2 N–H and O–H groups in total. The summed E-state index contributed by atoms with van der Waals surface area (Å²) in [6, 6.07) is -0.0302. The zero-order chi connectivity index (χ0) is 12.9. The van der Waals surface area contributed by atoms with Crippen LogP contribution >= 0.6 is 0 Å². The molecule has 1 aliphatic rings. The fourth-order valence-electron chi connectivity index (χ4n) is 2.50. The molecular weight excluding hydrogens is 230 g/mol. The summed E-state index contributed by atoms with van der Waals surface area (Å²) in [6.07, 6.45) is 4.07. The Balaban J connectivity index is 1.97. The summed E-state index contributed by atoms with van der Waals surface area (Å²) in [4.78, 5) is 15.9. The first-order valence-electron chi connectivity index (χ1n) is 6.11. The van der Waals surface area contributed by atoms with Crippen LogP contribution < -0.4 is 10.6 Å². The first kappa shape index (κ1) is 11.3. The summed E-state index contributed by atoms with van der Waals surface area (Å²) in [5, 5.41) is 6.23. The number of amides is 1. The van der Waals surface area contributed by atoms with E-state index in [2.05, 4.69) is 26.4 Å². The van der Waals surface area contributed by atoms with Crippen LogP contribution in [0.1, 0.15) is 24.4 Å². The van der Waals surface area contributed by atoms with Crippen molar-refractivity contribution in [3.05, 3.63) is 23.8 Å². The minimum Gasteiger partial charge on any atom is -0.353 e. The Hall–Kier alpha value is -1.82. The highest BCUT2D eigenvalue weighted by atomic mass is 16.2. The van der Waals surface area contributed by atoms with Crippen LogP contribution in [0.25, 0.3) is 5.78 Å². The number of aryl methyl sites for hydroxylation is 2. The molecular formula is C12H17N5O. The van der Waals surface area contributed by atoms with Crippen LogP contribution in [0.15, 0.2) is 12.4 Å². The van der Waals surface area contributed by atoms with Gasteiger partial charge in [0.2, 0.25) is 11.7 Å². The van der Waals surface area contributed by atoms with E-state index in [9.17, 15) is 4.79 Å². The molecule has 1 fully saturated rings. The summed E-state index contributed by atoms with van der Waals surface area (Å²) >= 11 is 0. The third-order valence-corrected chi connectivity index (χ3v) is 3.47. The molecule has 0 aromatic carbocycles. The molecule has 2 atom stereocenters. The quantitative estimate of drug-likeness (QED) is 0.753. The van der Waals surface area contributed by atoms with Gasteiger partial charge in [-0.1, -0.05) is 0 Å². The van der Waals surface area contributed by atoms with Crippen molar-refractivity contribution in [2.24, 2.45) is 7.05 Å². The van der Waals surface area contributed by atoms with Crippen LogP contribution in [0.3, 0.4) is 0 Å². The van der Waals surface area contributed by atoms with E-state index in [1.165, 1.54) is 0 Å². The SMILES string of the molecule is Cc1cn2cc(C3CNC(=O)C(C)N3)n(C)c2n1. The number of imidazole rings is 2. The maximum atomic E-state index is 11.4. The molecule has 3 rings (SSSR count). The lowest BCUT2D eigenvalue weighted by atomic mass is 10.1. The Morgan fingerprint density at radius 1 is 1.44 bits per heavy atom. The van der Waals surface area contributed by atoms with Gasteiger partial charge >= 0.3 is 0 Å². The first-order chi connectivity index (χ1) is 8.56. The molecule has 0 radical (unpaired) electrons. The second-order valence-corrected chi connectivity index (χ2v) is 4.89. The average Bonchev–Trinajstić information content (AvgIpc) is 2.82. The van der Waals surface area contributed by atoms with Gasteiger partial charge in [0, 0.05) is 26.0 Å². The number of carbonyl (C=O) groups excluding carboxylic acids is 1. The van der Waals surface area contributed by atoms with Gasteiger partial charge in [-0.3, -0.25) is 14.5 Å². The van der Waals surface area contributed by atoms with Gasteiger partial charge in [-0.2, -0.15) is 0 Å². The number of hydrogen-bond acceptors (Lipinski definition) is 3. The van der Waals surface area contributed by atoms with E-state index in [-0.39, 0.29) is 18.0 Å². The molecule has 2 unspecified atom stereocenters. The summed E-state index contributed by atoms with van der Waals surface area (Å²) in [6.45, 7) is 4.47. The second-order valence-electron chi connectivity index (χ2n) is 4.89. The molecule has 3 heterocycles. The predicted octanol–water partition coefficient (Wildman–Crippen LogP) is 0.130. The topological polar surface area (TPSA) is 63.4 Å². The third-order valence-electron chi connectivity index (χ3n) is 3.47. The van der Waals surface area contributed by atoms with Crippen molar-refractivity contribution in [1.29, 1.82) is 0 Å². The standard InChI is InChI=1S/C12H17N5O/c1-7-5-17-6-10(16(3)12(17)14-7)9-4-13-11(18)8(2)15-9/h5-6,8-9,15H,4H2,1-3H3,(H,13,18). The molecule has 0 bridgehead atoms. The number of piperazine rings is 1. The number of carbonyl (C=O) groups is 1. The Bertz CT molecular complexity index is 611. The van der Waals surface area contributed by atoms with E-state index >= 15 is 0 Å². The highest BCUT2D eigenvalue weighted by Gasteiger charge is 2.27. The fraction of sp³-hybridized carbons (Fsp3) is 0.500. The number of nitrogens with zero attached hydrogens (tertiary/aromatic N) is 3. The van der Waals surface area contributed by atoms with E-state index in [4.69, 9.17) is 0 Å². The Labute approximate surface area is 105 Å². The molecule has 6 nitrogen and oxygen atoms in total. The van der Waals surface area contributed by atoms with Crippen molar-refractivity contribution in [3.8, 4) is 0 Å². The van der Waals surface area contributed by atoms with Crippen LogP contribution in [0, 0.1) is 6.92 Å². The highest BCUT2D eigenvalue weighted by molar-refractivity contribution is 5.82. The number of aromatic nitrogens is 3. The molecule has 0 spiro atoms. The number of fused-ring (bicyclic) bond motifs is 1. The van der Waals surface area contributed by atoms with E-state index < -0.39 is 0 Å². The maximum Gasteiger partial charge on any atom is 0.236 e. The molecule has 96 valence electrons. The smallest absolute Gasteiger partial charge is 0.236 e. The van der Waals surface area contributed by atoms with Gasteiger partial charge in [-0.15, -0.1) is 0 Å². The Kier molecular flexibility index (Phi) is 2.41. The first-order valence-corrected chi connectivity index (χ1v) is 6.11. The lowest BCUT2D eigenvalue weighted by Crippen LogP contribution is -2.53. The summed E-state index contributed by atoms with van der Waals surface area (Å²) in [5.41, 5.74) is 2.13. The fourth-order valence-corrected chi connectivity index (χ4v) is 2.50. The Morgan fingerprint density at radius 3 is 2.89 bits per heavy atom. The lowest BCUT2D eigenvalue weighted by molar-refractivity contribution is -0.124. The van der Waals surface area contributed by atoms with E-state index in [1.807, 2.05) is 31.5 Å². The van der Waals surface area contributed by atoms with Crippen LogP contribution in [0.5, 0.6) is 0 Å². The monoisotopic (exact) mass is 247 g/mol. The third kappa shape index (κ3) is 1.60. The molecule has 2 aromatic heterocycles. The van der Waals surface area contributed by atoms with Crippen LogP contribution in [0.4, 0.5) is 0 Å². The van der Waals surface area contributed by atoms with E-state index in [1.54, 1.807) is 0 Å². The van der Waals surface area contributed by atoms with Crippen molar-refractivity contribution < 1.29 is 4.79 Å². The summed E-state index contributed by atoms with van der Waals surface area (Å²) in [5.74, 6) is 0.981. The van der Waals surface area contributed by atoms with E-state index in [0.717, 1.165) is 17.2 Å². The van der Waals surface area contributed by atoms with Gasteiger partial charge < -0.3 is 9.88 Å². The molecule has 1 aliphatic heterocycles. The van der Waals surface area contributed by atoms with Crippen LogP contribution in [-0.4, -0.2) is 32.4 Å². The summed E-state index contributed by atoms with van der Waals surface area (Å²) in [7, 11) is 2.00. The maximum absolute atomic E-state index is 11.4. The molecule has 1 saturated heterocycles. The van der Waals surface area contributed by atoms with Crippen molar-refractivity contribution in [2.75, 3.05) is 6.54 Å². The Morgan fingerprint density at radius 2 is 2.22 bits per heavy atom. The zero-order valence-corrected chi connectivity index (χ0v) is 10.8. The molecule has 1 amide bonds. The normalized spacial score (nSPS) is 24.5. The van der Waals surface area contributed by atoms with E-state index in [0.29, 0.717) is 6.54 Å². The lowest BCUT2D eigenvalue weighted by Gasteiger charge is -2.28. The minimum atomic E-state index is -0.160. The molecule has 0 aliphatic carbocycles. The van der Waals surface area contributed by atoms with Gasteiger partial charge in [0.05, 0.1) is 23.5 Å². The van der Waals surface area contributed by atoms with Gasteiger partial charge in [0.1, 0.15) is 0 Å². The number of rotatable bonds is 1. The van der Waals surface area contributed by atoms with Crippen molar-refractivity contribution in [1.82, 2.24) is 24.6 Å². The molecule has 2 aromatic rings.